The van der Waals surface area contributed by atoms with Gasteiger partial charge < -0.3 is 10.6 Å². The predicted molar refractivity (Wildman–Crippen MR) is 76.3 cm³/mol. The summed E-state index contributed by atoms with van der Waals surface area (Å²) in [4.78, 5) is 11.8. The number of rotatable bonds is 4. The number of carbonyl (C=O) groups excluding carboxylic acids is 1. The van der Waals surface area contributed by atoms with Gasteiger partial charge in [-0.15, -0.1) is 12.4 Å². The van der Waals surface area contributed by atoms with Crippen molar-refractivity contribution in [1.82, 2.24) is 10.6 Å². The summed E-state index contributed by atoms with van der Waals surface area (Å²) in [5, 5.41) is 6.13. The molecule has 1 unspecified atom stereocenters. The van der Waals surface area contributed by atoms with Gasteiger partial charge in [-0.2, -0.15) is 0 Å². The lowest BCUT2D eigenvalue weighted by atomic mass is 10.1. The van der Waals surface area contributed by atoms with Crippen molar-refractivity contribution in [2.75, 3.05) is 19.6 Å². The SMILES string of the molecule is Cc1ccc(C(=O)NCCC2CCNC2)cc1F.Cl. The predicted octanol–water partition coefficient (Wildman–Crippen LogP) is 2.29. The van der Waals surface area contributed by atoms with Crippen molar-refractivity contribution in [3.8, 4) is 0 Å². The van der Waals surface area contributed by atoms with E-state index in [1.54, 1.807) is 19.1 Å². The smallest absolute Gasteiger partial charge is 0.251 e. The molecule has 1 amide bonds. The molecule has 2 N–H and O–H groups in total. The third-order valence-corrected chi connectivity index (χ3v) is 3.43. The van der Waals surface area contributed by atoms with Gasteiger partial charge in [-0.3, -0.25) is 4.79 Å². The maximum atomic E-state index is 13.3. The molecule has 2 rings (SSSR count). The van der Waals surface area contributed by atoms with Crippen LogP contribution < -0.4 is 10.6 Å². The number of nitrogens with one attached hydrogen (secondary N) is 2. The summed E-state index contributed by atoms with van der Waals surface area (Å²) in [6, 6.07) is 4.58. The molecule has 1 fully saturated rings. The van der Waals surface area contributed by atoms with Crippen LogP contribution in [0.1, 0.15) is 28.8 Å². The van der Waals surface area contributed by atoms with E-state index in [0.717, 1.165) is 19.5 Å². The highest BCUT2D eigenvalue weighted by Crippen LogP contribution is 2.12. The number of hydrogen-bond acceptors (Lipinski definition) is 2. The summed E-state index contributed by atoms with van der Waals surface area (Å²) in [5.74, 6) is 0.127. The van der Waals surface area contributed by atoms with Gasteiger partial charge in [0.1, 0.15) is 5.82 Å². The molecule has 1 aromatic carbocycles. The molecule has 0 radical (unpaired) electrons. The van der Waals surface area contributed by atoms with E-state index in [4.69, 9.17) is 0 Å². The Balaban J connectivity index is 0.00000180. The Morgan fingerprint density at radius 1 is 1.53 bits per heavy atom. The minimum atomic E-state index is -0.331. The van der Waals surface area contributed by atoms with Crippen LogP contribution in [0.2, 0.25) is 0 Å². The molecule has 1 aliphatic heterocycles. The van der Waals surface area contributed by atoms with Crippen molar-refractivity contribution < 1.29 is 9.18 Å². The number of amides is 1. The van der Waals surface area contributed by atoms with E-state index >= 15 is 0 Å². The highest BCUT2D eigenvalue weighted by molar-refractivity contribution is 5.94. The monoisotopic (exact) mass is 286 g/mol. The Hall–Kier alpha value is -1.13. The van der Waals surface area contributed by atoms with Crippen molar-refractivity contribution in [3.63, 3.8) is 0 Å². The fourth-order valence-corrected chi connectivity index (χ4v) is 2.19. The van der Waals surface area contributed by atoms with E-state index in [0.29, 0.717) is 23.6 Å². The summed E-state index contributed by atoms with van der Waals surface area (Å²) >= 11 is 0. The highest BCUT2D eigenvalue weighted by atomic mass is 35.5. The molecule has 19 heavy (non-hydrogen) atoms. The fourth-order valence-electron chi connectivity index (χ4n) is 2.19. The Bertz CT molecular complexity index is 433. The maximum Gasteiger partial charge on any atom is 0.251 e. The van der Waals surface area contributed by atoms with Crippen LogP contribution in [-0.4, -0.2) is 25.5 Å². The summed E-state index contributed by atoms with van der Waals surface area (Å²) < 4.78 is 13.3. The zero-order valence-electron chi connectivity index (χ0n) is 11.0. The first kappa shape index (κ1) is 15.9. The van der Waals surface area contributed by atoms with Crippen molar-refractivity contribution in [2.24, 2.45) is 5.92 Å². The van der Waals surface area contributed by atoms with Gasteiger partial charge in [0.2, 0.25) is 0 Å². The zero-order valence-corrected chi connectivity index (χ0v) is 11.9. The number of benzene rings is 1. The van der Waals surface area contributed by atoms with E-state index in [9.17, 15) is 9.18 Å². The largest absolute Gasteiger partial charge is 0.352 e. The summed E-state index contributed by atoms with van der Waals surface area (Å²) in [7, 11) is 0. The van der Waals surface area contributed by atoms with E-state index in [1.807, 2.05) is 0 Å². The van der Waals surface area contributed by atoms with Gasteiger partial charge >= 0.3 is 0 Å². The van der Waals surface area contributed by atoms with Crippen LogP contribution >= 0.6 is 12.4 Å². The Kier molecular flexibility index (Phi) is 6.25. The Labute approximate surface area is 119 Å². The van der Waals surface area contributed by atoms with Crippen LogP contribution in [0.25, 0.3) is 0 Å². The van der Waals surface area contributed by atoms with E-state index in [-0.39, 0.29) is 24.1 Å². The van der Waals surface area contributed by atoms with Crippen LogP contribution in [0.3, 0.4) is 0 Å². The van der Waals surface area contributed by atoms with Crippen LogP contribution in [0, 0.1) is 18.7 Å². The molecule has 1 atom stereocenters. The number of hydrogen-bond donors (Lipinski definition) is 2. The summed E-state index contributed by atoms with van der Waals surface area (Å²) in [5.41, 5.74) is 0.950. The average molecular weight is 287 g/mol. The lowest BCUT2D eigenvalue weighted by molar-refractivity contribution is 0.0951. The lowest BCUT2D eigenvalue weighted by Gasteiger charge is -2.09. The first-order valence-corrected chi connectivity index (χ1v) is 6.42. The van der Waals surface area contributed by atoms with Crippen LogP contribution in [0.4, 0.5) is 4.39 Å². The van der Waals surface area contributed by atoms with Gasteiger partial charge in [0, 0.05) is 12.1 Å². The first-order chi connectivity index (χ1) is 8.66. The average Bonchev–Trinajstić information content (AvgIpc) is 2.85. The molecule has 0 spiro atoms. The van der Waals surface area contributed by atoms with Gasteiger partial charge in [0.25, 0.3) is 5.91 Å². The molecule has 1 saturated heterocycles. The van der Waals surface area contributed by atoms with Crippen molar-refractivity contribution in [1.29, 1.82) is 0 Å². The number of carbonyl (C=O) groups is 1. The third kappa shape index (κ3) is 4.48. The minimum Gasteiger partial charge on any atom is -0.352 e. The zero-order chi connectivity index (χ0) is 13.0. The standard InChI is InChI=1S/C14H19FN2O.ClH/c1-10-2-3-12(8-13(10)15)14(18)17-7-5-11-4-6-16-9-11;/h2-3,8,11,16H,4-7,9H2,1H3,(H,17,18);1H. The molecule has 0 aliphatic carbocycles. The second-order valence-corrected chi connectivity index (χ2v) is 4.87. The van der Waals surface area contributed by atoms with Gasteiger partial charge in [0.05, 0.1) is 0 Å². The lowest BCUT2D eigenvalue weighted by Crippen LogP contribution is -2.26. The van der Waals surface area contributed by atoms with Crippen LogP contribution in [0.5, 0.6) is 0 Å². The summed E-state index contributed by atoms with van der Waals surface area (Å²) in [6.45, 7) is 4.45. The van der Waals surface area contributed by atoms with Crippen molar-refractivity contribution in [2.45, 2.75) is 19.8 Å². The second kappa shape index (κ2) is 7.46. The normalized spacial score (nSPS) is 17.9. The molecule has 106 valence electrons. The minimum absolute atomic E-state index is 0. The molecule has 3 nitrogen and oxygen atoms in total. The Morgan fingerprint density at radius 2 is 2.32 bits per heavy atom. The molecule has 1 heterocycles. The molecule has 0 aromatic heterocycles. The molecular weight excluding hydrogens is 267 g/mol. The molecule has 1 aliphatic rings. The molecular formula is C14H20ClFN2O. The fraction of sp³-hybridized carbons (Fsp3) is 0.500. The van der Waals surface area contributed by atoms with Crippen LogP contribution in [-0.2, 0) is 0 Å². The molecule has 0 bridgehead atoms. The third-order valence-electron chi connectivity index (χ3n) is 3.43. The van der Waals surface area contributed by atoms with Gasteiger partial charge in [-0.05, 0) is 56.5 Å². The van der Waals surface area contributed by atoms with Crippen molar-refractivity contribution >= 4 is 18.3 Å². The quantitative estimate of drug-likeness (QED) is 0.892. The van der Waals surface area contributed by atoms with Crippen LogP contribution in [0.15, 0.2) is 18.2 Å². The van der Waals surface area contributed by atoms with Gasteiger partial charge in [0.15, 0.2) is 0 Å². The maximum absolute atomic E-state index is 13.3. The topological polar surface area (TPSA) is 41.1 Å². The van der Waals surface area contributed by atoms with E-state index < -0.39 is 0 Å². The number of aryl methyl sites for hydroxylation is 1. The number of halogens is 2. The molecule has 0 saturated carbocycles. The second-order valence-electron chi connectivity index (χ2n) is 4.87. The van der Waals surface area contributed by atoms with Crippen molar-refractivity contribution in [3.05, 3.63) is 35.1 Å². The highest BCUT2D eigenvalue weighted by Gasteiger charge is 2.14. The van der Waals surface area contributed by atoms with E-state index in [1.165, 1.54) is 12.5 Å². The molecule has 1 aromatic rings. The first-order valence-electron chi connectivity index (χ1n) is 6.42. The van der Waals surface area contributed by atoms with E-state index in [2.05, 4.69) is 10.6 Å². The molecule has 5 heteroatoms. The summed E-state index contributed by atoms with van der Waals surface area (Å²) in [6.07, 6.45) is 2.15. The van der Waals surface area contributed by atoms with Gasteiger partial charge in [-0.1, -0.05) is 6.07 Å². The van der Waals surface area contributed by atoms with Gasteiger partial charge in [-0.25, -0.2) is 4.39 Å². The Morgan fingerprint density at radius 3 is 2.95 bits per heavy atom.